The van der Waals surface area contributed by atoms with Crippen LogP contribution < -0.4 is 0 Å². The molecule has 3 aliphatic heterocycles. The van der Waals surface area contributed by atoms with Gasteiger partial charge >= 0.3 is 15.5 Å². The average molecular weight is 356 g/mol. The summed E-state index contributed by atoms with van der Waals surface area (Å²) in [5.41, 5.74) is -5.93. The van der Waals surface area contributed by atoms with Crippen molar-refractivity contribution in [3.8, 4) is 0 Å². The molecule has 0 bridgehead atoms. The van der Waals surface area contributed by atoms with Crippen LogP contribution in [0.2, 0.25) is 0 Å². The van der Waals surface area contributed by atoms with E-state index in [9.17, 15) is 26.4 Å². The molecule has 0 saturated carbocycles. The Kier molecular flexibility index (Phi) is 3.92. The Morgan fingerprint density at radius 2 is 1.96 bits per heavy atom. The van der Waals surface area contributed by atoms with Crippen LogP contribution in [0.5, 0.6) is 0 Å². The van der Waals surface area contributed by atoms with Crippen molar-refractivity contribution in [3.63, 3.8) is 0 Å². The molecule has 0 unspecified atom stereocenters. The molecule has 3 heterocycles. The zero-order chi connectivity index (χ0) is 17.0. The van der Waals surface area contributed by atoms with Crippen molar-refractivity contribution < 1.29 is 31.1 Å². The van der Waals surface area contributed by atoms with Crippen molar-refractivity contribution >= 4 is 15.9 Å². The summed E-state index contributed by atoms with van der Waals surface area (Å²) >= 11 is 0. The molecule has 3 fully saturated rings. The third kappa shape index (κ3) is 2.74. The fourth-order valence-electron chi connectivity index (χ4n) is 3.76. The van der Waals surface area contributed by atoms with Gasteiger partial charge in [-0.1, -0.05) is 6.92 Å². The first-order chi connectivity index (χ1) is 10.5. The number of carbonyl (C=O) groups excluding carboxylic acids is 1. The van der Waals surface area contributed by atoms with Crippen molar-refractivity contribution in [2.24, 2.45) is 11.3 Å². The molecular formula is C13H19F3N2O4S. The summed E-state index contributed by atoms with van der Waals surface area (Å²) in [5.74, 6) is -0.423. The molecule has 0 aromatic carbocycles. The minimum absolute atomic E-state index is 0.136. The minimum Gasteiger partial charge on any atom is -0.368 e. The van der Waals surface area contributed by atoms with Crippen LogP contribution in [0.25, 0.3) is 0 Å². The van der Waals surface area contributed by atoms with Crippen LogP contribution in [0, 0.1) is 11.3 Å². The topological polar surface area (TPSA) is 66.9 Å². The molecule has 3 rings (SSSR count). The molecule has 132 valence electrons. The lowest BCUT2D eigenvalue weighted by Crippen LogP contribution is -2.44. The zero-order valence-corrected chi connectivity index (χ0v) is 13.5. The maximum absolute atomic E-state index is 12.7. The smallest absolute Gasteiger partial charge is 0.368 e. The Hall–Kier alpha value is -0.870. The zero-order valence-electron chi connectivity index (χ0n) is 12.7. The van der Waals surface area contributed by atoms with Crippen molar-refractivity contribution in [1.29, 1.82) is 0 Å². The summed E-state index contributed by atoms with van der Waals surface area (Å²) in [6.07, 6.45) is 1.01. The summed E-state index contributed by atoms with van der Waals surface area (Å²) < 4.78 is 67.0. The largest absolute Gasteiger partial charge is 0.511 e. The first-order valence-corrected chi connectivity index (χ1v) is 8.95. The van der Waals surface area contributed by atoms with Crippen molar-refractivity contribution in [2.75, 3.05) is 32.8 Å². The number of hydrogen-bond donors (Lipinski definition) is 0. The van der Waals surface area contributed by atoms with Crippen molar-refractivity contribution in [1.82, 2.24) is 9.21 Å². The SMILES string of the molecule is C[C@]12CN(C(=O)[C@H]3CCCO3)C[C@H]1CN(S(=O)(=O)C(F)(F)F)C2. The minimum atomic E-state index is -5.30. The second-order valence-electron chi connectivity index (χ2n) is 6.81. The molecule has 0 aliphatic carbocycles. The number of rotatable bonds is 2. The Morgan fingerprint density at radius 3 is 2.48 bits per heavy atom. The molecule has 3 aliphatic rings. The third-order valence-electron chi connectivity index (χ3n) is 5.09. The van der Waals surface area contributed by atoms with Crippen LogP contribution in [-0.2, 0) is 19.6 Å². The summed E-state index contributed by atoms with van der Waals surface area (Å²) in [5, 5.41) is 0. The van der Waals surface area contributed by atoms with Gasteiger partial charge in [-0.25, -0.2) is 8.42 Å². The van der Waals surface area contributed by atoms with Gasteiger partial charge in [0.2, 0.25) is 0 Å². The number of amides is 1. The van der Waals surface area contributed by atoms with Gasteiger partial charge in [0, 0.05) is 38.2 Å². The van der Waals surface area contributed by atoms with Crippen molar-refractivity contribution in [3.05, 3.63) is 0 Å². The normalized spacial score (nSPS) is 35.7. The van der Waals surface area contributed by atoms with Gasteiger partial charge < -0.3 is 9.64 Å². The number of ether oxygens (including phenoxy) is 1. The second-order valence-corrected chi connectivity index (χ2v) is 8.74. The third-order valence-corrected chi connectivity index (χ3v) is 6.63. The van der Waals surface area contributed by atoms with Crippen LogP contribution in [0.1, 0.15) is 19.8 Å². The van der Waals surface area contributed by atoms with Crippen LogP contribution in [0.15, 0.2) is 0 Å². The summed E-state index contributed by atoms with van der Waals surface area (Å²) in [4.78, 5) is 14.0. The molecule has 0 aromatic rings. The summed E-state index contributed by atoms with van der Waals surface area (Å²) in [6.45, 7) is 2.41. The van der Waals surface area contributed by atoms with Crippen LogP contribution in [-0.4, -0.2) is 67.9 Å². The van der Waals surface area contributed by atoms with E-state index in [1.165, 1.54) is 0 Å². The molecule has 0 aromatic heterocycles. The molecule has 23 heavy (non-hydrogen) atoms. The maximum atomic E-state index is 12.7. The number of nitrogens with zero attached hydrogens (tertiary/aromatic N) is 2. The lowest BCUT2D eigenvalue weighted by Gasteiger charge is -2.26. The number of sulfonamides is 1. The van der Waals surface area contributed by atoms with Gasteiger partial charge in [0.1, 0.15) is 6.10 Å². The number of halogens is 3. The molecule has 10 heteroatoms. The van der Waals surface area contributed by atoms with Gasteiger partial charge in [-0.3, -0.25) is 4.79 Å². The van der Waals surface area contributed by atoms with Gasteiger partial charge in [0.25, 0.3) is 5.91 Å². The number of fused-ring (bicyclic) bond motifs is 1. The molecule has 1 amide bonds. The van der Waals surface area contributed by atoms with Crippen LogP contribution in [0.4, 0.5) is 13.2 Å². The summed E-state index contributed by atoms with van der Waals surface area (Å²) in [7, 11) is -5.30. The van der Waals surface area contributed by atoms with Crippen molar-refractivity contribution in [2.45, 2.75) is 31.4 Å². The Morgan fingerprint density at radius 1 is 1.26 bits per heavy atom. The van der Waals surface area contributed by atoms with E-state index in [1.807, 2.05) is 0 Å². The summed E-state index contributed by atoms with van der Waals surface area (Å²) in [6, 6.07) is 0. The van der Waals surface area contributed by atoms with E-state index in [0.29, 0.717) is 17.3 Å². The van der Waals surface area contributed by atoms with E-state index < -0.39 is 27.1 Å². The van der Waals surface area contributed by atoms with E-state index in [4.69, 9.17) is 4.74 Å². The van der Waals surface area contributed by atoms with Gasteiger partial charge in [-0.15, -0.1) is 0 Å². The number of hydrogen-bond acceptors (Lipinski definition) is 4. The van der Waals surface area contributed by atoms with Gasteiger partial charge in [0.15, 0.2) is 0 Å². The second kappa shape index (κ2) is 5.32. The molecule has 3 saturated heterocycles. The molecule has 3 atom stereocenters. The molecule has 0 radical (unpaired) electrons. The van der Waals surface area contributed by atoms with E-state index in [1.54, 1.807) is 11.8 Å². The fraction of sp³-hybridized carbons (Fsp3) is 0.923. The van der Waals surface area contributed by atoms with Gasteiger partial charge in [0.05, 0.1) is 0 Å². The Labute approximate surface area is 132 Å². The fourth-order valence-corrected chi connectivity index (χ4v) is 4.89. The van der Waals surface area contributed by atoms with Crippen LogP contribution >= 0.6 is 0 Å². The Bertz CT molecular complexity index is 603. The monoisotopic (exact) mass is 356 g/mol. The number of carbonyl (C=O) groups is 1. The predicted molar refractivity (Wildman–Crippen MR) is 73.7 cm³/mol. The average Bonchev–Trinajstić information content (AvgIpc) is 3.09. The van der Waals surface area contributed by atoms with Gasteiger partial charge in [-0.2, -0.15) is 17.5 Å². The quantitative estimate of drug-likeness (QED) is 0.734. The first-order valence-electron chi connectivity index (χ1n) is 7.51. The highest BCUT2D eigenvalue weighted by atomic mass is 32.2. The molecule has 6 nitrogen and oxygen atoms in total. The highest BCUT2D eigenvalue weighted by molar-refractivity contribution is 7.90. The van der Waals surface area contributed by atoms with E-state index >= 15 is 0 Å². The first kappa shape index (κ1) is 17.0. The Balaban J connectivity index is 1.70. The maximum Gasteiger partial charge on any atom is 0.511 e. The highest BCUT2D eigenvalue weighted by Gasteiger charge is 2.59. The van der Waals surface area contributed by atoms with Crippen LogP contribution in [0.3, 0.4) is 0 Å². The predicted octanol–water partition coefficient (Wildman–Crippen LogP) is 0.795. The molecule has 0 spiro atoms. The van der Waals surface area contributed by atoms with E-state index in [-0.39, 0.29) is 38.0 Å². The molecule has 0 N–H and O–H groups in total. The van der Waals surface area contributed by atoms with E-state index in [0.717, 1.165) is 6.42 Å². The van der Waals surface area contributed by atoms with Gasteiger partial charge in [-0.05, 0) is 18.8 Å². The number of alkyl halides is 3. The molecular weight excluding hydrogens is 337 g/mol. The van der Waals surface area contributed by atoms with E-state index in [2.05, 4.69) is 0 Å². The lowest BCUT2D eigenvalue weighted by molar-refractivity contribution is -0.140. The number of likely N-dealkylation sites (tertiary alicyclic amines) is 1. The highest BCUT2D eigenvalue weighted by Crippen LogP contribution is 2.45. The lowest BCUT2D eigenvalue weighted by atomic mass is 9.83. The standard InChI is InChI=1S/C13H19F3N2O4S/c1-12-7-17(11(19)10-3-2-4-22-10)5-9(12)6-18(8-12)23(20,21)13(14,15)16/h9-10H,2-8H2,1H3/t9-,10+,12+/m0/s1.